The molecule has 0 fully saturated rings. The van der Waals surface area contributed by atoms with Gasteiger partial charge < -0.3 is 10.4 Å². The summed E-state index contributed by atoms with van der Waals surface area (Å²) in [6.45, 7) is 0.691. The lowest BCUT2D eigenvalue weighted by atomic mass is 10.2. The number of rotatable bonds is 3. The smallest absolute Gasteiger partial charge is 0.115 e. The molecule has 0 aliphatic rings. The lowest BCUT2D eigenvalue weighted by Gasteiger charge is -2.08. The van der Waals surface area contributed by atoms with Gasteiger partial charge >= 0.3 is 0 Å². The molecule has 0 saturated carbocycles. The highest BCUT2D eigenvalue weighted by atomic mass is 79.9. The Morgan fingerprint density at radius 3 is 2.62 bits per heavy atom. The van der Waals surface area contributed by atoms with E-state index in [0.717, 1.165) is 15.7 Å². The van der Waals surface area contributed by atoms with Gasteiger partial charge in [-0.2, -0.15) is 0 Å². The lowest BCUT2D eigenvalue weighted by molar-refractivity contribution is 0.474. The van der Waals surface area contributed by atoms with Crippen molar-refractivity contribution in [2.24, 2.45) is 0 Å². The summed E-state index contributed by atoms with van der Waals surface area (Å²) in [6, 6.07) is 15.2. The van der Waals surface area contributed by atoms with Crippen molar-refractivity contribution < 1.29 is 5.11 Å². The fraction of sp³-hybridized carbons (Fsp3) is 0.0769. The first kappa shape index (κ1) is 11.0. The summed E-state index contributed by atoms with van der Waals surface area (Å²) < 4.78 is 1.04. The van der Waals surface area contributed by atoms with Crippen molar-refractivity contribution in [3.05, 3.63) is 58.6 Å². The van der Waals surface area contributed by atoms with Gasteiger partial charge in [0.2, 0.25) is 0 Å². The van der Waals surface area contributed by atoms with E-state index in [1.807, 2.05) is 36.4 Å². The molecule has 2 aromatic rings. The van der Waals surface area contributed by atoms with Gasteiger partial charge in [-0.25, -0.2) is 0 Å². The molecule has 2 rings (SSSR count). The van der Waals surface area contributed by atoms with Gasteiger partial charge in [0, 0.05) is 16.7 Å². The van der Waals surface area contributed by atoms with Gasteiger partial charge in [0.25, 0.3) is 0 Å². The molecule has 0 aromatic heterocycles. The van der Waals surface area contributed by atoms with Crippen molar-refractivity contribution in [3.8, 4) is 5.75 Å². The number of halogens is 1. The molecule has 82 valence electrons. The lowest BCUT2D eigenvalue weighted by Crippen LogP contribution is -1.99. The number of nitrogens with one attached hydrogen (secondary N) is 1. The Balaban J connectivity index is 2.05. The van der Waals surface area contributed by atoms with Crippen LogP contribution in [0.25, 0.3) is 0 Å². The molecule has 0 aliphatic heterocycles. The Morgan fingerprint density at radius 1 is 1.06 bits per heavy atom. The summed E-state index contributed by atoms with van der Waals surface area (Å²) in [7, 11) is 0. The zero-order valence-corrected chi connectivity index (χ0v) is 10.2. The van der Waals surface area contributed by atoms with Gasteiger partial charge in [0.05, 0.1) is 0 Å². The summed E-state index contributed by atoms with van der Waals surface area (Å²) in [5.74, 6) is 0.298. The van der Waals surface area contributed by atoms with E-state index in [1.54, 1.807) is 12.1 Å². The molecule has 0 radical (unpaired) electrons. The number of aromatic hydroxyl groups is 1. The minimum atomic E-state index is 0.298. The zero-order valence-electron chi connectivity index (χ0n) is 8.65. The number of hydrogen-bond acceptors (Lipinski definition) is 2. The molecule has 0 spiro atoms. The van der Waals surface area contributed by atoms with E-state index in [0.29, 0.717) is 12.3 Å². The van der Waals surface area contributed by atoms with Crippen LogP contribution in [0.3, 0.4) is 0 Å². The fourth-order valence-corrected chi connectivity index (χ4v) is 1.89. The number of benzene rings is 2. The number of anilines is 1. The number of para-hydroxylation sites is 1. The van der Waals surface area contributed by atoms with E-state index in [2.05, 4.69) is 21.2 Å². The monoisotopic (exact) mass is 277 g/mol. The number of hydrogen-bond donors (Lipinski definition) is 2. The van der Waals surface area contributed by atoms with E-state index in [4.69, 9.17) is 0 Å². The molecule has 0 atom stereocenters. The van der Waals surface area contributed by atoms with Crippen molar-refractivity contribution in [1.29, 1.82) is 0 Å². The third-order valence-electron chi connectivity index (χ3n) is 2.27. The van der Waals surface area contributed by atoms with E-state index in [-0.39, 0.29) is 0 Å². The highest BCUT2D eigenvalue weighted by Gasteiger charge is 1.98. The second-order valence-electron chi connectivity index (χ2n) is 3.50. The molecule has 0 bridgehead atoms. The van der Waals surface area contributed by atoms with Crippen LogP contribution in [0.5, 0.6) is 5.75 Å². The molecule has 16 heavy (non-hydrogen) atoms. The maximum absolute atomic E-state index is 9.33. The zero-order chi connectivity index (χ0) is 11.4. The molecular weight excluding hydrogens is 266 g/mol. The maximum atomic E-state index is 9.33. The van der Waals surface area contributed by atoms with E-state index in [9.17, 15) is 5.11 Å². The SMILES string of the molecule is Oc1cccc(CNc2ccccc2Br)c1. The summed E-state index contributed by atoms with van der Waals surface area (Å²) in [5, 5.41) is 12.6. The van der Waals surface area contributed by atoms with Crippen LogP contribution in [-0.2, 0) is 6.54 Å². The van der Waals surface area contributed by atoms with Crippen molar-refractivity contribution in [1.82, 2.24) is 0 Å². The van der Waals surface area contributed by atoms with Crippen LogP contribution in [0.15, 0.2) is 53.0 Å². The highest BCUT2D eigenvalue weighted by molar-refractivity contribution is 9.10. The van der Waals surface area contributed by atoms with Gasteiger partial charge in [-0.3, -0.25) is 0 Å². The van der Waals surface area contributed by atoms with Crippen LogP contribution in [0.2, 0.25) is 0 Å². The molecule has 0 unspecified atom stereocenters. The molecule has 0 aliphatic carbocycles. The summed E-state index contributed by atoms with van der Waals surface area (Å²) in [6.07, 6.45) is 0. The van der Waals surface area contributed by atoms with Crippen LogP contribution in [-0.4, -0.2) is 5.11 Å². The third-order valence-corrected chi connectivity index (χ3v) is 2.96. The molecule has 0 saturated heterocycles. The van der Waals surface area contributed by atoms with Crippen molar-refractivity contribution in [2.45, 2.75) is 6.54 Å². The molecule has 0 amide bonds. The number of phenols is 1. The Labute approximate surface area is 103 Å². The predicted octanol–water partition coefficient (Wildman–Crippen LogP) is 3.77. The van der Waals surface area contributed by atoms with E-state index < -0.39 is 0 Å². The Morgan fingerprint density at radius 2 is 1.88 bits per heavy atom. The minimum absolute atomic E-state index is 0.298. The van der Waals surface area contributed by atoms with Crippen LogP contribution in [0.1, 0.15) is 5.56 Å². The predicted molar refractivity (Wildman–Crippen MR) is 69.6 cm³/mol. The van der Waals surface area contributed by atoms with Gasteiger partial charge in [0.15, 0.2) is 0 Å². The van der Waals surface area contributed by atoms with Crippen LogP contribution >= 0.6 is 15.9 Å². The van der Waals surface area contributed by atoms with Crippen LogP contribution in [0, 0.1) is 0 Å². The molecule has 2 nitrogen and oxygen atoms in total. The number of phenolic OH excluding ortho intramolecular Hbond substituents is 1. The highest BCUT2D eigenvalue weighted by Crippen LogP contribution is 2.22. The first-order chi connectivity index (χ1) is 7.75. The minimum Gasteiger partial charge on any atom is -0.508 e. The van der Waals surface area contributed by atoms with Gasteiger partial charge in [-0.15, -0.1) is 0 Å². The van der Waals surface area contributed by atoms with Crippen LogP contribution in [0.4, 0.5) is 5.69 Å². The van der Waals surface area contributed by atoms with E-state index in [1.165, 1.54) is 0 Å². The Hall–Kier alpha value is -1.48. The van der Waals surface area contributed by atoms with Crippen LogP contribution < -0.4 is 5.32 Å². The third kappa shape index (κ3) is 2.76. The largest absolute Gasteiger partial charge is 0.508 e. The molecule has 2 N–H and O–H groups in total. The molecule has 0 heterocycles. The summed E-state index contributed by atoms with van der Waals surface area (Å²) in [4.78, 5) is 0. The van der Waals surface area contributed by atoms with Gasteiger partial charge in [-0.1, -0.05) is 24.3 Å². The maximum Gasteiger partial charge on any atom is 0.115 e. The summed E-state index contributed by atoms with van der Waals surface area (Å²) in [5.41, 5.74) is 2.10. The molecule has 2 aromatic carbocycles. The Kier molecular flexibility index (Phi) is 3.47. The van der Waals surface area contributed by atoms with Crippen molar-refractivity contribution >= 4 is 21.6 Å². The van der Waals surface area contributed by atoms with Gasteiger partial charge in [-0.05, 0) is 45.8 Å². The average Bonchev–Trinajstić information content (AvgIpc) is 2.28. The van der Waals surface area contributed by atoms with E-state index >= 15 is 0 Å². The second kappa shape index (κ2) is 5.03. The topological polar surface area (TPSA) is 32.3 Å². The van der Waals surface area contributed by atoms with Gasteiger partial charge in [0.1, 0.15) is 5.75 Å². The first-order valence-electron chi connectivity index (χ1n) is 5.02. The average molecular weight is 278 g/mol. The fourth-order valence-electron chi connectivity index (χ4n) is 1.47. The molecule has 3 heteroatoms. The quantitative estimate of drug-likeness (QED) is 0.895. The first-order valence-corrected chi connectivity index (χ1v) is 5.81. The molecular formula is C13H12BrNO. The Bertz CT molecular complexity index is 485. The second-order valence-corrected chi connectivity index (χ2v) is 4.36. The standard InChI is InChI=1S/C13H12BrNO/c14-12-6-1-2-7-13(12)15-9-10-4-3-5-11(16)8-10/h1-8,15-16H,9H2. The van der Waals surface area contributed by atoms with Crippen molar-refractivity contribution in [3.63, 3.8) is 0 Å². The normalized spacial score (nSPS) is 10.1. The van der Waals surface area contributed by atoms with Crippen molar-refractivity contribution in [2.75, 3.05) is 5.32 Å². The summed E-state index contributed by atoms with van der Waals surface area (Å²) >= 11 is 3.47.